The van der Waals surface area contributed by atoms with Gasteiger partial charge < -0.3 is 9.63 Å². The molecule has 0 radical (unpaired) electrons. The maximum Gasteiger partial charge on any atom is 0.179 e. The number of aliphatic hydroxyl groups excluding tert-OH is 1. The van der Waals surface area contributed by atoms with E-state index in [0.717, 1.165) is 21.5 Å². The van der Waals surface area contributed by atoms with Gasteiger partial charge in [-0.1, -0.05) is 47.8 Å². The number of hydrogen-bond donors (Lipinski definition) is 1. The summed E-state index contributed by atoms with van der Waals surface area (Å²) in [6, 6.07) is 10.1. The molecule has 0 saturated heterocycles. The van der Waals surface area contributed by atoms with Crippen molar-refractivity contribution in [1.82, 2.24) is 10.1 Å². The lowest BCUT2D eigenvalue weighted by Crippen LogP contribution is -2.19. The molecule has 0 amide bonds. The van der Waals surface area contributed by atoms with Crippen LogP contribution < -0.4 is 0 Å². The van der Waals surface area contributed by atoms with Gasteiger partial charge in [0.2, 0.25) is 0 Å². The number of alkyl halides is 1. The largest absolute Gasteiger partial charge is 0.391 e. The summed E-state index contributed by atoms with van der Waals surface area (Å²) < 4.78 is 33.9. The number of aromatic nitrogens is 2. The molecular weight excluding hydrogens is 575 g/mol. The molecule has 2 aromatic heterocycles. The van der Waals surface area contributed by atoms with Crippen LogP contribution in [0.4, 0.5) is 8.78 Å². The third kappa shape index (κ3) is 5.37. The lowest BCUT2D eigenvalue weighted by atomic mass is 9.78. The van der Waals surface area contributed by atoms with E-state index in [1.54, 1.807) is 35.6 Å². The highest BCUT2D eigenvalue weighted by atomic mass is 35.5. The topological polar surface area (TPSA) is 82.9 Å². The molecule has 4 atom stereocenters. The zero-order valence-corrected chi connectivity index (χ0v) is 24.7. The molecule has 2 aliphatic carbocycles. The zero-order chi connectivity index (χ0) is 28.8. The van der Waals surface area contributed by atoms with Crippen LogP contribution in [0.5, 0.6) is 0 Å². The summed E-state index contributed by atoms with van der Waals surface area (Å²) >= 11 is 13.7. The summed E-state index contributed by atoms with van der Waals surface area (Å²) in [5.41, 5.74) is 0.0223. The molecule has 2 saturated carbocycles. The second-order valence-corrected chi connectivity index (χ2v) is 13.0. The van der Waals surface area contributed by atoms with Gasteiger partial charge in [-0.25, -0.2) is 13.8 Å². The van der Waals surface area contributed by atoms with E-state index in [0.29, 0.717) is 38.5 Å². The van der Waals surface area contributed by atoms with Gasteiger partial charge in [-0.05, 0) is 75.1 Å². The summed E-state index contributed by atoms with van der Waals surface area (Å²) in [6.45, 7) is 4.59. The Morgan fingerprint density at radius 2 is 1.95 bits per heavy atom. The van der Waals surface area contributed by atoms with E-state index >= 15 is 0 Å². The van der Waals surface area contributed by atoms with Crippen LogP contribution in [0.1, 0.15) is 74.3 Å². The van der Waals surface area contributed by atoms with E-state index in [1.165, 1.54) is 45.6 Å². The van der Waals surface area contributed by atoms with Gasteiger partial charge in [0, 0.05) is 11.5 Å². The van der Waals surface area contributed by atoms with Gasteiger partial charge >= 0.3 is 0 Å². The third-order valence-corrected chi connectivity index (χ3v) is 9.79. The first-order chi connectivity index (χ1) is 19.0. The van der Waals surface area contributed by atoms with Gasteiger partial charge in [0.1, 0.15) is 11.2 Å². The van der Waals surface area contributed by atoms with E-state index in [-0.39, 0.29) is 22.8 Å². The molecule has 10 heteroatoms. The number of benzene rings is 2. The molecule has 4 unspecified atom stereocenters. The van der Waals surface area contributed by atoms with E-state index in [2.05, 4.69) is 17.1 Å². The number of hydrogen-bond acceptors (Lipinski definition) is 6. The van der Waals surface area contributed by atoms with Crippen LogP contribution in [0, 0.1) is 34.9 Å². The summed E-state index contributed by atoms with van der Waals surface area (Å²) in [5.74, 6) is 2.31. The molecule has 1 N–H and O–H groups in total. The van der Waals surface area contributed by atoms with Crippen molar-refractivity contribution < 1.29 is 18.4 Å². The van der Waals surface area contributed by atoms with E-state index in [4.69, 9.17) is 33.0 Å². The van der Waals surface area contributed by atoms with E-state index < -0.39 is 12.3 Å². The molecule has 2 aliphatic rings. The Labute approximate surface area is 245 Å². The quantitative estimate of drug-likeness (QED) is 0.251. The highest BCUT2D eigenvalue weighted by molar-refractivity contribution is 7.18. The molecule has 2 aromatic carbocycles. The number of rotatable bonds is 4. The second kappa shape index (κ2) is 11.4. The Balaban J connectivity index is 0.000000162. The highest BCUT2D eigenvalue weighted by Crippen LogP contribution is 2.56. The summed E-state index contributed by atoms with van der Waals surface area (Å²) in [6.07, 6.45) is 5.18. The van der Waals surface area contributed by atoms with Crippen LogP contribution in [0.2, 0.25) is 10.0 Å². The van der Waals surface area contributed by atoms with Crippen molar-refractivity contribution in [3.8, 4) is 17.3 Å². The Morgan fingerprint density at radius 1 is 1.23 bits per heavy atom. The van der Waals surface area contributed by atoms with Gasteiger partial charge in [0.15, 0.2) is 17.2 Å². The fourth-order valence-electron chi connectivity index (χ4n) is 6.32. The van der Waals surface area contributed by atoms with Gasteiger partial charge in [0.05, 0.1) is 43.6 Å². The van der Waals surface area contributed by atoms with Crippen molar-refractivity contribution in [2.75, 3.05) is 0 Å². The lowest BCUT2D eigenvalue weighted by Gasteiger charge is -2.29. The first-order valence-electron chi connectivity index (χ1n) is 13.3. The Bertz CT molecular complexity index is 1570. The molecule has 0 spiro atoms. The van der Waals surface area contributed by atoms with Gasteiger partial charge in [-0.2, -0.15) is 5.26 Å². The molecule has 40 heavy (non-hydrogen) atoms. The number of nitriles is 1. The number of halogens is 4. The molecule has 5 nitrogen and oxygen atoms in total. The SMILES string of the molecule is CC(C)(F)c1onc(-c2c(Cl)cccc2Cl)c1CO.CC1CC2CCCC1C2c1nc2c(F)cc(C#N)cc2s1. The van der Waals surface area contributed by atoms with Crippen LogP contribution in [0.25, 0.3) is 21.5 Å². The minimum atomic E-state index is -1.75. The minimum Gasteiger partial charge on any atom is -0.391 e. The minimum absolute atomic E-state index is 0.0269. The molecule has 6 rings (SSSR count). The predicted octanol–water partition coefficient (Wildman–Crippen LogP) is 9.19. The van der Waals surface area contributed by atoms with E-state index in [1.807, 2.05) is 6.07 Å². The molecule has 210 valence electrons. The third-order valence-electron chi connectivity index (χ3n) is 8.05. The lowest BCUT2D eigenvalue weighted by molar-refractivity contribution is 0.156. The van der Waals surface area contributed by atoms with Crippen molar-refractivity contribution in [2.24, 2.45) is 17.8 Å². The number of fused-ring (bicyclic) bond motifs is 3. The normalized spacial score (nSPS) is 22.2. The van der Waals surface area contributed by atoms with Gasteiger partial charge in [-0.15, -0.1) is 11.3 Å². The van der Waals surface area contributed by atoms with Crippen molar-refractivity contribution in [1.29, 1.82) is 5.26 Å². The Kier molecular flexibility index (Phi) is 8.22. The fraction of sp³-hybridized carbons (Fsp3) is 0.433. The molecular formula is C30H29Cl2F2N3O2S. The first-order valence-corrected chi connectivity index (χ1v) is 14.8. The van der Waals surface area contributed by atoms with Crippen molar-refractivity contribution in [3.05, 3.63) is 68.1 Å². The maximum atomic E-state index is 14.1. The van der Waals surface area contributed by atoms with Crippen molar-refractivity contribution in [2.45, 2.75) is 64.6 Å². The second-order valence-electron chi connectivity index (χ2n) is 11.1. The first kappa shape index (κ1) is 28.9. The van der Waals surface area contributed by atoms with Crippen molar-refractivity contribution in [3.63, 3.8) is 0 Å². The Hall–Kier alpha value is -2.57. The fourth-order valence-corrected chi connectivity index (χ4v) is 8.19. The molecule has 4 aromatic rings. The number of aliphatic hydroxyl groups is 1. The van der Waals surface area contributed by atoms with Gasteiger partial charge in [-0.3, -0.25) is 0 Å². The summed E-state index contributed by atoms with van der Waals surface area (Å²) in [7, 11) is 0. The predicted molar refractivity (Wildman–Crippen MR) is 154 cm³/mol. The summed E-state index contributed by atoms with van der Waals surface area (Å²) in [5, 5.41) is 24.0. The standard InChI is InChI=1S/C17H17FN2S.C13H12Cl2FNO2/c1-9-5-11-3-2-4-12(9)15(11)17-20-16-13(18)6-10(8-19)7-14(16)21-17;1-13(2,16)12-7(6-18)11(17-19-12)10-8(14)4-3-5-9(10)15/h6-7,9,11-12,15H,2-5H2,1H3;3-5,18H,6H2,1-2H3. The van der Waals surface area contributed by atoms with Crippen LogP contribution in [0.3, 0.4) is 0 Å². The number of nitrogens with zero attached hydrogens (tertiary/aromatic N) is 3. The van der Waals surface area contributed by atoms with E-state index in [9.17, 15) is 13.9 Å². The van der Waals surface area contributed by atoms with Crippen LogP contribution in [-0.2, 0) is 12.3 Å². The monoisotopic (exact) mass is 603 g/mol. The molecule has 2 heterocycles. The van der Waals surface area contributed by atoms with Gasteiger partial charge in [0.25, 0.3) is 0 Å². The average molecular weight is 605 g/mol. The maximum absolute atomic E-state index is 14.1. The zero-order valence-electron chi connectivity index (χ0n) is 22.3. The average Bonchev–Trinajstić information content (AvgIpc) is 3.57. The molecule has 2 fully saturated rings. The number of thiazole rings is 1. The van der Waals surface area contributed by atoms with Crippen molar-refractivity contribution >= 4 is 44.8 Å². The molecule has 0 aliphatic heterocycles. The summed E-state index contributed by atoms with van der Waals surface area (Å²) in [4.78, 5) is 4.62. The van der Waals surface area contributed by atoms with Crippen LogP contribution in [-0.4, -0.2) is 15.2 Å². The van der Waals surface area contributed by atoms with Crippen LogP contribution >= 0.6 is 34.5 Å². The Morgan fingerprint density at radius 3 is 2.58 bits per heavy atom. The smallest absolute Gasteiger partial charge is 0.179 e. The van der Waals surface area contributed by atoms with Crippen LogP contribution in [0.15, 0.2) is 34.9 Å². The molecule has 2 bridgehead atoms. The highest BCUT2D eigenvalue weighted by Gasteiger charge is 2.45.